The maximum atomic E-state index is 9.32. The molecule has 0 aliphatic carbocycles. The lowest BCUT2D eigenvalue weighted by molar-refractivity contribution is 0.354. The Hall–Kier alpha value is -5.05. The molecule has 1 aliphatic rings. The minimum absolute atomic E-state index is 0.300. The van der Waals surface area contributed by atoms with Gasteiger partial charge in [-0.05, 0) is 60.9 Å². The van der Waals surface area contributed by atoms with E-state index in [1.165, 1.54) is 0 Å². The normalized spacial score (nSPS) is 13.6. The van der Waals surface area contributed by atoms with Crippen molar-refractivity contribution in [3.63, 3.8) is 0 Å². The number of aromatic nitrogens is 4. The topological polar surface area (TPSA) is 96.4 Å². The number of para-hydroxylation sites is 1. The van der Waals surface area contributed by atoms with Gasteiger partial charge in [0.05, 0.1) is 49.8 Å². The Balaban J connectivity index is 1.44. The van der Waals surface area contributed by atoms with Gasteiger partial charge in [0.25, 0.3) is 0 Å². The molecular formula is C32H31N5O4. The van der Waals surface area contributed by atoms with Crippen LogP contribution in [-0.2, 0) is 13.0 Å². The summed E-state index contributed by atoms with van der Waals surface area (Å²) in [6.45, 7) is 2.54. The van der Waals surface area contributed by atoms with Crippen molar-refractivity contribution < 1.29 is 18.9 Å². The highest BCUT2D eigenvalue weighted by molar-refractivity contribution is 5.57. The highest BCUT2D eigenvalue weighted by Gasteiger charge is 2.37. The summed E-state index contributed by atoms with van der Waals surface area (Å²) in [6, 6.07) is 23.7. The fraction of sp³-hybridized carbons (Fsp3) is 0.219. The summed E-state index contributed by atoms with van der Waals surface area (Å²) in [4.78, 5) is 4.72. The zero-order chi connectivity index (χ0) is 28.5. The molecule has 0 amide bonds. The summed E-state index contributed by atoms with van der Waals surface area (Å²) in [7, 11) is 4.90. The molecule has 41 heavy (non-hydrogen) atoms. The van der Waals surface area contributed by atoms with Crippen LogP contribution in [0.3, 0.4) is 0 Å². The Bertz CT molecular complexity index is 1760. The molecule has 3 heterocycles. The maximum absolute atomic E-state index is 9.32. The molecule has 1 atom stereocenters. The molecule has 0 spiro atoms. The fourth-order valence-electron chi connectivity index (χ4n) is 5.36. The first-order valence-corrected chi connectivity index (χ1v) is 13.3. The lowest BCUT2D eigenvalue weighted by atomic mass is 9.84. The van der Waals surface area contributed by atoms with E-state index in [0.717, 1.165) is 33.8 Å². The van der Waals surface area contributed by atoms with E-state index in [1.807, 2.05) is 89.0 Å². The summed E-state index contributed by atoms with van der Waals surface area (Å²) in [6.07, 6.45) is 2.36. The minimum Gasteiger partial charge on any atom is -0.497 e. The maximum Gasteiger partial charge on any atom is 0.230 e. The number of benzene rings is 3. The van der Waals surface area contributed by atoms with E-state index in [2.05, 4.69) is 0 Å². The molecule has 0 bridgehead atoms. The van der Waals surface area contributed by atoms with Crippen LogP contribution in [0.4, 0.5) is 0 Å². The van der Waals surface area contributed by atoms with Crippen molar-refractivity contribution in [2.45, 2.75) is 25.8 Å². The number of hydrogen-bond acceptors (Lipinski definition) is 7. The van der Waals surface area contributed by atoms with E-state index in [0.29, 0.717) is 47.3 Å². The lowest BCUT2D eigenvalue weighted by Gasteiger charge is -2.27. The van der Waals surface area contributed by atoms with Gasteiger partial charge in [-0.2, -0.15) is 5.10 Å². The average molecular weight is 550 g/mol. The molecule has 9 nitrogen and oxygen atoms in total. The van der Waals surface area contributed by atoms with Crippen LogP contribution in [0.25, 0.3) is 5.69 Å². The number of nitrogens with one attached hydrogen (secondary N) is 1. The summed E-state index contributed by atoms with van der Waals surface area (Å²) in [5.41, 5.74) is 5.75. The fourth-order valence-corrected chi connectivity index (χ4v) is 5.36. The first-order valence-electron chi connectivity index (χ1n) is 13.3. The van der Waals surface area contributed by atoms with Crippen LogP contribution in [-0.4, -0.2) is 40.7 Å². The molecule has 2 aromatic heterocycles. The van der Waals surface area contributed by atoms with Crippen LogP contribution < -0.4 is 24.4 Å². The zero-order valence-corrected chi connectivity index (χ0v) is 23.4. The number of ether oxygens (including phenoxy) is 4. The van der Waals surface area contributed by atoms with Gasteiger partial charge in [-0.15, -0.1) is 0 Å². The minimum atomic E-state index is -0.300. The standard InChI is InChI=1S/C32H31N5O4/c1-20-27-28(22-11-13-24(38-2)14-12-22)29-30(33)36(17-16-21-10-15-25(39-3)26(18-21)40-4)19-34-31(29)41-32(27)37(35-20)23-8-6-5-7-9-23/h5-15,18-19,28,33H,16-17H2,1-4H3/t28-/m0/s1. The van der Waals surface area contributed by atoms with Gasteiger partial charge in [0, 0.05) is 6.54 Å². The van der Waals surface area contributed by atoms with Crippen molar-refractivity contribution in [2.24, 2.45) is 0 Å². The lowest BCUT2D eigenvalue weighted by Crippen LogP contribution is -2.30. The van der Waals surface area contributed by atoms with Crippen molar-refractivity contribution in [2.75, 3.05) is 21.3 Å². The van der Waals surface area contributed by atoms with Crippen LogP contribution in [0.1, 0.15) is 33.9 Å². The molecule has 0 fully saturated rings. The SMILES string of the molecule is COc1ccc([C@H]2c3c(C)nn(-c4ccccc4)c3Oc3ncn(CCc4ccc(OC)c(OC)c4)c(=N)c32)cc1. The van der Waals surface area contributed by atoms with Crippen molar-refractivity contribution in [3.05, 3.63) is 113 Å². The van der Waals surface area contributed by atoms with Crippen molar-refractivity contribution >= 4 is 0 Å². The van der Waals surface area contributed by atoms with E-state index >= 15 is 0 Å². The van der Waals surface area contributed by atoms with Gasteiger partial charge in [-0.3, -0.25) is 5.41 Å². The predicted octanol–water partition coefficient (Wildman–Crippen LogP) is 5.41. The Morgan fingerprint density at radius 1 is 0.878 bits per heavy atom. The third kappa shape index (κ3) is 4.69. The molecule has 1 N–H and O–H groups in total. The first-order chi connectivity index (χ1) is 20.0. The number of methoxy groups -OCH3 is 3. The molecule has 208 valence electrons. The second kappa shape index (κ2) is 10.8. The predicted molar refractivity (Wildman–Crippen MR) is 154 cm³/mol. The third-order valence-electron chi connectivity index (χ3n) is 7.46. The van der Waals surface area contributed by atoms with Crippen molar-refractivity contribution in [1.82, 2.24) is 19.3 Å². The smallest absolute Gasteiger partial charge is 0.230 e. The van der Waals surface area contributed by atoms with Gasteiger partial charge in [0.2, 0.25) is 11.8 Å². The third-order valence-corrected chi connectivity index (χ3v) is 7.46. The van der Waals surface area contributed by atoms with E-state index in [-0.39, 0.29) is 5.92 Å². The Labute approximate surface area is 238 Å². The molecule has 0 radical (unpaired) electrons. The summed E-state index contributed by atoms with van der Waals surface area (Å²) in [5.74, 6) is 2.84. The van der Waals surface area contributed by atoms with Crippen molar-refractivity contribution in [1.29, 1.82) is 5.41 Å². The first kappa shape index (κ1) is 26.2. The number of nitrogens with zero attached hydrogens (tertiary/aromatic N) is 4. The molecule has 3 aromatic carbocycles. The van der Waals surface area contributed by atoms with Gasteiger partial charge < -0.3 is 23.5 Å². The van der Waals surface area contributed by atoms with Crippen LogP contribution >= 0.6 is 0 Å². The molecule has 5 aromatic rings. The number of rotatable bonds is 8. The van der Waals surface area contributed by atoms with Crippen LogP contribution in [0.2, 0.25) is 0 Å². The average Bonchev–Trinajstić information content (AvgIpc) is 3.35. The van der Waals surface area contributed by atoms with Gasteiger partial charge in [-0.25, -0.2) is 9.67 Å². The zero-order valence-electron chi connectivity index (χ0n) is 23.4. The van der Waals surface area contributed by atoms with E-state index in [9.17, 15) is 5.41 Å². The highest BCUT2D eigenvalue weighted by Crippen LogP contribution is 2.47. The molecule has 0 saturated heterocycles. The molecule has 1 aliphatic heterocycles. The van der Waals surface area contributed by atoms with Crippen LogP contribution in [0, 0.1) is 12.3 Å². The quantitative estimate of drug-likeness (QED) is 0.273. The largest absolute Gasteiger partial charge is 0.497 e. The van der Waals surface area contributed by atoms with Gasteiger partial charge in [-0.1, -0.05) is 36.4 Å². The molecule has 0 saturated carbocycles. The Morgan fingerprint density at radius 2 is 1.63 bits per heavy atom. The number of hydrogen-bond donors (Lipinski definition) is 1. The molecule has 6 rings (SSSR count). The van der Waals surface area contributed by atoms with E-state index in [1.54, 1.807) is 27.7 Å². The summed E-state index contributed by atoms with van der Waals surface area (Å²) >= 11 is 0. The van der Waals surface area contributed by atoms with E-state index < -0.39 is 0 Å². The Kier molecular flexibility index (Phi) is 6.93. The van der Waals surface area contributed by atoms with Gasteiger partial charge >= 0.3 is 0 Å². The summed E-state index contributed by atoms with van der Waals surface area (Å²) in [5, 5.41) is 14.2. The molecule has 9 heteroatoms. The van der Waals surface area contributed by atoms with Crippen LogP contribution in [0.15, 0.2) is 79.1 Å². The summed E-state index contributed by atoms with van der Waals surface area (Å²) < 4.78 is 26.4. The molecular weight excluding hydrogens is 518 g/mol. The van der Waals surface area contributed by atoms with Gasteiger partial charge in [0.15, 0.2) is 11.5 Å². The Morgan fingerprint density at radius 3 is 2.34 bits per heavy atom. The van der Waals surface area contributed by atoms with Crippen molar-refractivity contribution in [3.8, 4) is 34.7 Å². The highest BCUT2D eigenvalue weighted by atomic mass is 16.5. The molecule has 0 unspecified atom stereocenters. The van der Waals surface area contributed by atoms with E-state index in [4.69, 9.17) is 29.0 Å². The number of aryl methyl sites for hydroxylation is 3. The monoisotopic (exact) mass is 549 g/mol. The van der Waals surface area contributed by atoms with Gasteiger partial charge in [0.1, 0.15) is 17.6 Å². The second-order valence-electron chi connectivity index (χ2n) is 9.80. The van der Waals surface area contributed by atoms with Crippen LogP contribution in [0.5, 0.6) is 29.0 Å². The second-order valence-corrected chi connectivity index (χ2v) is 9.80. The number of fused-ring (bicyclic) bond motifs is 2.